The number of aromatic hydroxyl groups is 1. The standard InChI is InChI=1S/C15H19Cl2NO2/c16-12-8-11(9-13(17)15(12)20)18-14(19)7-6-10-4-2-1-3-5-10/h8-10,20H,1-7H2,(H,18,19). The van der Waals surface area contributed by atoms with Gasteiger partial charge in [0, 0.05) is 12.1 Å². The zero-order valence-electron chi connectivity index (χ0n) is 11.3. The van der Waals surface area contributed by atoms with Gasteiger partial charge in [0.25, 0.3) is 0 Å². The van der Waals surface area contributed by atoms with Crippen molar-refractivity contribution in [3.05, 3.63) is 22.2 Å². The third-order valence-electron chi connectivity index (χ3n) is 3.81. The highest BCUT2D eigenvalue weighted by atomic mass is 35.5. The maximum atomic E-state index is 11.9. The number of hydrogen-bond acceptors (Lipinski definition) is 2. The first-order valence-electron chi connectivity index (χ1n) is 7.04. The number of nitrogens with one attached hydrogen (secondary N) is 1. The molecule has 0 atom stereocenters. The fourth-order valence-corrected chi connectivity index (χ4v) is 3.16. The van der Waals surface area contributed by atoms with E-state index >= 15 is 0 Å². The lowest BCUT2D eigenvalue weighted by molar-refractivity contribution is -0.116. The topological polar surface area (TPSA) is 49.3 Å². The number of phenolic OH excluding ortho intramolecular Hbond substituents is 1. The molecule has 2 rings (SSSR count). The van der Waals surface area contributed by atoms with Crippen LogP contribution in [0.3, 0.4) is 0 Å². The first-order valence-corrected chi connectivity index (χ1v) is 7.79. The van der Waals surface area contributed by atoms with Crippen LogP contribution in [0.5, 0.6) is 5.75 Å². The normalized spacial score (nSPS) is 16.1. The molecule has 1 fully saturated rings. The van der Waals surface area contributed by atoms with Crippen molar-refractivity contribution in [2.24, 2.45) is 5.92 Å². The SMILES string of the molecule is O=C(CCC1CCCCC1)Nc1cc(Cl)c(O)c(Cl)c1. The van der Waals surface area contributed by atoms with Crippen molar-refractivity contribution in [3.63, 3.8) is 0 Å². The Balaban J connectivity index is 1.84. The third kappa shape index (κ3) is 4.29. The van der Waals surface area contributed by atoms with Crippen LogP contribution in [0.4, 0.5) is 5.69 Å². The number of rotatable bonds is 4. The van der Waals surface area contributed by atoms with Crippen LogP contribution in [0.1, 0.15) is 44.9 Å². The highest BCUT2D eigenvalue weighted by Gasteiger charge is 2.15. The largest absolute Gasteiger partial charge is 0.505 e. The lowest BCUT2D eigenvalue weighted by Gasteiger charge is -2.21. The fourth-order valence-electron chi connectivity index (χ4n) is 2.67. The Bertz CT molecular complexity index is 462. The van der Waals surface area contributed by atoms with Crippen LogP contribution >= 0.6 is 23.2 Å². The molecule has 0 heterocycles. The van der Waals surface area contributed by atoms with Gasteiger partial charge in [-0.3, -0.25) is 4.79 Å². The summed E-state index contributed by atoms with van der Waals surface area (Å²) in [6, 6.07) is 3.00. The summed E-state index contributed by atoms with van der Waals surface area (Å²) in [6.07, 6.45) is 7.83. The molecule has 1 saturated carbocycles. The minimum absolute atomic E-state index is 0.0339. The summed E-state index contributed by atoms with van der Waals surface area (Å²) in [6.45, 7) is 0. The highest BCUT2D eigenvalue weighted by Crippen LogP contribution is 2.34. The number of phenols is 1. The van der Waals surface area contributed by atoms with Gasteiger partial charge < -0.3 is 10.4 Å². The molecule has 1 amide bonds. The Labute approximate surface area is 129 Å². The van der Waals surface area contributed by atoms with Crippen molar-refractivity contribution in [1.29, 1.82) is 0 Å². The van der Waals surface area contributed by atoms with Crippen LogP contribution in [0.2, 0.25) is 10.0 Å². The summed E-state index contributed by atoms with van der Waals surface area (Å²) < 4.78 is 0. The molecule has 20 heavy (non-hydrogen) atoms. The lowest BCUT2D eigenvalue weighted by Crippen LogP contribution is -2.14. The third-order valence-corrected chi connectivity index (χ3v) is 4.38. The summed E-state index contributed by atoms with van der Waals surface area (Å²) in [7, 11) is 0. The monoisotopic (exact) mass is 315 g/mol. The van der Waals surface area contributed by atoms with E-state index in [0.717, 1.165) is 6.42 Å². The second kappa shape index (κ2) is 7.19. The van der Waals surface area contributed by atoms with Gasteiger partial charge in [-0.05, 0) is 24.5 Å². The number of benzene rings is 1. The van der Waals surface area contributed by atoms with Gasteiger partial charge in [0.15, 0.2) is 5.75 Å². The minimum atomic E-state index is -0.159. The predicted molar refractivity (Wildman–Crippen MR) is 82.6 cm³/mol. The molecular formula is C15H19Cl2NO2. The molecule has 2 N–H and O–H groups in total. The molecule has 0 aromatic heterocycles. The number of amides is 1. The first-order chi connectivity index (χ1) is 9.56. The molecule has 0 unspecified atom stereocenters. The molecule has 0 bridgehead atoms. The van der Waals surface area contributed by atoms with Gasteiger partial charge in [-0.2, -0.15) is 0 Å². The summed E-state index contributed by atoms with van der Waals surface area (Å²) in [5.41, 5.74) is 0.520. The maximum Gasteiger partial charge on any atom is 0.224 e. The molecule has 1 aromatic carbocycles. The second-order valence-electron chi connectivity index (χ2n) is 5.38. The Morgan fingerprint density at radius 3 is 2.40 bits per heavy atom. The summed E-state index contributed by atoms with van der Waals surface area (Å²) >= 11 is 11.6. The molecule has 1 aliphatic carbocycles. The molecule has 1 aromatic rings. The van der Waals surface area contributed by atoms with E-state index in [1.807, 2.05) is 0 Å². The van der Waals surface area contributed by atoms with Crippen LogP contribution in [0.15, 0.2) is 12.1 Å². The van der Waals surface area contributed by atoms with E-state index in [1.54, 1.807) is 0 Å². The summed E-state index contributed by atoms with van der Waals surface area (Å²) in [5, 5.41) is 12.5. The minimum Gasteiger partial charge on any atom is -0.505 e. The Hall–Kier alpha value is -0.930. The van der Waals surface area contributed by atoms with Crippen molar-refractivity contribution in [1.82, 2.24) is 0 Å². The zero-order chi connectivity index (χ0) is 14.5. The van der Waals surface area contributed by atoms with Crippen molar-refractivity contribution in [2.45, 2.75) is 44.9 Å². The van der Waals surface area contributed by atoms with Crippen molar-refractivity contribution in [3.8, 4) is 5.75 Å². The molecule has 0 aliphatic heterocycles. The molecule has 5 heteroatoms. The van der Waals surface area contributed by atoms with Gasteiger partial charge in [-0.25, -0.2) is 0 Å². The Kier molecular flexibility index (Phi) is 5.55. The van der Waals surface area contributed by atoms with Crippen LogP contribution in [0.25, 0.3) is 0 Å². The van der Waals surface area contributed by atoms with Crippen molar-refractivity contribution in [2.75, 3.05) is 5.32 Å². The van der Waals surface area contributed by atoms with Gasteiger partial charge in [0.05, 0.1) is 10.0 Å². The number of carbonyl (C=O) groups excluding carboxylic acids is 1. The van der Waals surface area contributed by atoms with Gasteiger partial charge >= 0.3 is 0 Å². The Morgan fingerprint density at radius 1 is 1.20 bits per heavy atom. The van der Waals surface area contributed by atoms with Crippen LogP contribution in [-0.2, 0) is 4.79 Å². The fraction of sp³-hybridized carbons (Fsp3) is 0.533. The van der Waals surface area contributed by atoms with E-state index in [-0.39, 0.29) is 21.7 Å². The average Bonchev–Trinajstić information content (AvgIpc) is 2.43. The van der Waals surface area contributed by atoms with E-state index < -0.39 is 0 Å². The molecule has 110 valence electrons. The molecule has 0 saturated heterocycles. The predicted octanol–water partition coefficient (Wildman–Crippen LogP) is 5.00. The maximum absolute atomic E-state index is 11.9. The van der Waals surface area contributed by atoms with E-state index in [0.29, 0.717) is 18.0 Å². The molecular weight excluding hydrogens is 297 g/mol. The second-order valence-corrected chi connectivity index (χ2v) is 6.19. The number of carbonyl (C=O) groups is 1. The zero-order valence-corrected chi connectivity index (χ0v) is 12.8. The van der Waals surface area contributed by atoms with Gasteiger partial charge in [0.2, 0.25) is 5.91 Å². The number of halogens is 2. The van der Waals surface area contributed by atoms with E-state index in [1.165, 1.54) is 44.2 Å². The van der Waals surface area contributed by atoms with Crippen molar-refractivity contribution >= 4 is 34.8 Å². The van der Waals surface area contributed by atoms with E-state index in [4.69, 9.17) is 23.2 Å². The van der Waals surface area contributed by atoms with E-state index in [2.05, 4.69) is 5.32 Å². The summed E-state index contributed by atoms with van der Waals surface area (Å²) in [4.78, 5) is 11.9. The molecule has 3 nitrogen and oxygen atoms in total. The highest BCUT2D eigenvalue weighted by molar-refractivity contribution is 6.37. The molecule has 0 spiro atoms. The number of anilines is 1. The van der Waals surface area contributed by atoms with Crippen LogP contribution in [0, 0.1) is 5.92 Å². The van der Waals surface area contributed by atoms with Gasteiger partial charge in [-0.15, -0.1) is 0 Å². The van der Waals surface area contributed by atoms with Crippen LogP contribution in [-0.4, -0.2) is 11.0 Å². The van der Waals surface area contributed by atoms with Gasteiger partial charge in [-0.1, -0.05) is 55.3 Å². The molecule has 1 aliphatic rings. The van der Waals surface area contributed by atoms with Crippen molar-refractivity contribution < 1.29 is 9.90 Å². The average molecular weight is 316 g/mol. The first kappa shape index (κ1) is 15.5. The number of hydrogen-bond donors (Lipinski definition) is 2. The Morgan fingerprint density at radius 2 is 1.80 bits per heavy atom. The van der Waals surface area contributed by atoms with Gasteiger partial charge in [0.1, 0.15) is 0 Å². The smallest absolute Gasteiger partial charge is 0.224 e. The quantitative estimate of drug-likeness (QED) is 0.768. The van der Waals surface area contributed by atoms with E-state index in [9.17, 15) is 9.90 Å². The molecule has 0 radical (unpaired) electrons. The van der Waals surface area contributed by atoms with Crippen LogP contribution < -0.4 is 5.32 Å². The lowest BCUT2D eigenvalue weighted by atomic mass is 9.86. The summed E-state index contributed by atoms with van der Waals surface area (Å²) in [5.74, 6) is 0.489.